The van der Waals surface area contributed by atoms with E-state index in [9.17, 15) is 0 Å². The van der Waals surface area contributed by atoms with Crippen LogP contribution in [-0.2, 0) is 19.4 Å². The number of anilines is 1. The fourth-order valence-corrected chi connectivity index (χ4v) is 3.54. The first kappa shape index (κ1) is 14.1. The Hall–Kier alpha value is -1.88. The predicted molar refractivity (Wildman–Crippen MR) is 89.0 cm³/mol. The van der Waals surface area contributed by atoms with E-state index in [-0.39, 0.29) is 0 Å². The van der Waals surface area contributed by atoms with Gasteiger partial charge in [-0.25, -0.2) is 9.98 Å². The molecule has 4 nitrogen and oxygen atoms in total. The fourth-order valence-electron chi connectivity index (χ4n) is 2.72. The lowest BCUT2D eigenvalue weighted by molar-refractivity contribution is 0.912. The van der Waals surface area contributed by atoms with Crippen LogP contribution in [0.3, 0.4) is 0 Å². The first-order valence-electron chi connectivity index (χ1n) is 7.23. The molecule has 3 rings (SSSR count). The largest absolute Gasteiger partial charge is 0.370 e. The van der Waals surface area contributed by atoms with E-state index in [1.54, 1.807) is 11.3 Å². The molecule has 0 atom stereocenters. The van der Waals surface area contributed by atoms with Crippen molar-refractivity contribution in [3.05, 3.63) is 44.9 Å². The van der Waals surface area contributed by atoms with Gasteiger partial charge in [0.25, 0.3) is 0 Å². The molecule has 0 unspecified atom stereocenters. The predicted octanol–water partition coefficient (Wildman–Crippen LogP) is 3.18. The van der Waals surface area contributed by atoms with E-state index in [2.05, 4.69) is 40.4 Å². The maximum atomic E-state index is 5.97. The van der Waals surface area contributed by atoms with Crippen molar-refractivity contribution in [3.63, 3.8) is 0 Å². The van der Waals surface area contributed by atoms with Gasteiger partial charge in [-0.1, -0.05) is 6.07 Å². The third kappa shape index (κ3) is 3.24. The summed E-state index contributed by atoms with van der Waals surface area (Å²) in [5, 5.41) is 4.24. The molecule has 0 amide bonds. The summed E-state index contributed by atoms with van der Waals surface area (Å²) >= 11 is 1.70. The molecule has 21 heavy (non-hydrogen) atoms. The molecule has 110 valence electrons. The summed E-state index contributed by atoms with van der Waals surface area (Å²) in [5.41, 5.74) is 10.9. The van der Waals surface area contributed by atoms with Gasteiger partial charge in [0.05, 0.1) is 17.2 Å². The molecular formula is C16H20N4S. The number of nitrogens with two attached hydrogens (primary N) is 1. The zero-order chi connectivity index (χ0) is 14.8. The topological polar surface area (TPSA) is 63.3 Å². The normalized spacial score (nSPS) is 14.3. The van der Waals surface area contributed by atoms with E-state index in [0.29, 0.717) is 12.5 Å². The third-order valence-corrected chi connectivity index (χ3v) is 4.70. The van der Waals surface area contributed by atoms with E-state index < -0.39 is 0 Å². The van der Waals surface area contributed by atoms with Crippen molar-refractivity contribution in [2.45, 2.75) is 39.7 Å². The summed E-state index contributed by atoms with van der Waals surface area (Å²) in [5.74, 6) is 0.443. The number of aliphatic imine (C=N–C) groups is 1. The van der Waals surface area contributed by atoms with Gasteiger partial charge in [0.15, 0.2) is 5.96 Å². The molecule has 1 aromatic heterocycles. The number of thiazole rings is 1. The summed E-state index contributed by atoms with van der Waals surface area (Å²) in [6, 6.07) is 6.44. The van der Waals surface area contributed by atoms with Crippen LogP contribution in [0.2, 0.25) is 0 Å². The first-order chi connectivity index (χ1) is 10.1. The molecule has 1 aliphatic carbocycles. The number of hydrogen-bond donors (Lipinski definition) is 2. The average molecular weight is 300 g/mol. The SMILES string of the molecule is Cc1nc(CN=C(N)Nc2ccc3c(c2)CCC3)c(C)s1. The number of benzene rings is 1. The van der Waals surface area contributed by atoms with Gasteiger partial charge in [-0.2, -0.15) is 0 Å². The molecule has 0 aliphatic heterocycles. The second-order valence-corrected chi connectivity index (χ2v) is 6.81. The van der Waals surface area contributed by atoms with Crippen LogP contribution in [0.25, 0.3) is 0 Å². The highest BCUT2D eigenvalue weighted by atomic mass is 32.1. The van der Waals surface area contributed by atoms with E-state index >= 15 is 0 Å². The summed E-state index contributed by atoms with van der Waals surface area (Å²) in [7, 11) is 0. The lowest BCUT2D eigenvalue weighted by Gasteiger charge is -2.07. The molecule has 0 fully saturated rings. The summed E-state index contributed by atoms with van der Waals surface area (Å²) in [6.07, 6.45) is 3.62. The lowest BCUT2D eigenvalue weighted by atomic mass is 10.1. The molecule has 0 spiro atoms. The van der Waals surface area contributed by atoms with Crippen LogP contribution in [0.1, 0.15) is 33.1 Å². The smallest absolute Gasteiger partial charge is 0.193 e. The van der Waals surface area contributed by atoms with Gasteiger partial charge < -0.3 is 11.1 Å². The van der Waals surface area contributed by atoms with Crippen molar-refractivity contribution in [2.75, 3.05) is 5.32 Å². The van der Waals surface area contributed by atoms with Gasteiger partial charge in [-0.15, -0.1) is 11.3 Å². The number of aromatic nitrogens is 1. The van der Waals surface area contributed by atoms with Gasteiger partial charge in [0.2, 0.25) is 0 Å². The Kier molecular flexibility index (Phi) is 3.92. The Bertz CT molecular complexity index is 688. The molecular weight excluding hydrogens is 280 g/mol. The third-order valence-electron chi connectivity index (χ3n) is 3.77. The van der Waals surface area contributed by atoms with Gasteiger partial charge in [-0.3, -0.25) is 0 Å². The number of nitrogens with one attached hydrogen (secondary N) is 1. The van der Waals surface area contributed by atoms with Gasteiger partial charge in [-0.05, 0) is 56.4 Å². The second kappa shape index (κ2) is 5.85. The Morgan fingerprint density at radius 2 is 2.14 bits per heavy atom. The molecule has 5 heteroatoms. The second-order valence-electron chi connectivity index (χ2n) is 5.40. The zero-order valence-corrected chi connectivity index (χ0v) is 13.3. The van der Waals surface area contributed by atoms with Gasteiger partial charge in [0.1, 0.15) is 0 Å². The van der Waals surface area contributed by atoms with Crippen LogP contribution in [-0.4, -0.2) is 10.9 Å². The molecule has 0 saturated carbocycles. The molecule has 3 N–H and O–H groups in total. The summed E-state index contributed by atoms with van der Waals surface area (Å²) < 4.78 is 0. The average Bonchev–Trinajstić information content (AvgIpc) is 3.02. The van der Waals surface area contributed by atoms with Crippen LogP contribution in [0.4, 0.5) is 5.69 Å². The Labute approximate surface area is 129 Å². The molecule has 0 saturated heterocycles. The maximum absolute atomic E-state index is 5.97. The number of fused-ring (bicyclic) bond motifs is 1. The number of guanidine groups is 1. The Morgan fingerprint density at radius 1 is 1.33 bits per heavy atom. The first-order valence-corrected chi connectivity index (χ1v) is 8.05. The molecule has 1 aromatic carbocycles. The highest BCUT2D eigenvalue weighted by Gasteiger charge is 2.11. The number of nitrogens with zero attached hydrogens (tertiary/aromatic N) is 2. The summed E-state index contributed by atoms with van der Waals surface area (Å²) in [4.78, 5) is 10.1. The van der Waals surface area contributed by atoms with Crippen molar-refractivity contribution in [2.24, 2.45) is 10.7 Å². The van der Waals surface area contributed by atoms with Crippen molar-refractivity contribution < 1.29 is 0 Å². The molecule has 1 aliphatic rings. The van der Waals surface area contributed by atoms with Gasteiger partial charge in [0, 0.05) is 10.6 Å². The van der Waals surface area contributed by atoms with Crippen molar-refractivity contribution in [3.8, 4) is 0 Å². The van der Waals surface area contributed by atoms with E-state index in [4.69, 9.17) is 5.73 Å². The van der Waals surface area contributed by atoms with Crippen molar-refractivity contribution in [1.29, 1.82) is 0 Å². The maximum Gasteiger partial charge on any atom is 0.193 e. The zero-order valence-electron chi connectivity index (χ0n) is 12.4. The van der Waals surface area contributed by atoms with Gasteiger partial charge >= 0.3 is 0 Å². The number of rotatable bonds is 3. The van der Waals surface area contributed by atoms with Crippen LogP contribution >= 0.6 is 11.3 Å². The van der Waals surface area contributed by atoms with E-state index in [1.807, 2.05) is 6.92 Å². The molecule has 1 heterocycles. The van der Waals surface area contributed by atoms with Crippen LogP contribution in [0.15, 0.2) is 23.2 Å². The van der Waals surface area contributed by atoms with Crippen LogP contribution in [0, 0.1) is 13.8 Å². The highest BCUT2D eigenvalue weighted by Crippen LogP contribution is 2.24. The lowest BCUT2D eigenvalue weighted by Crippen LogP contribution is -2.22. The minimum absolute atomic E-state index is 0.443. The number of hydrogen-bond acceptors (Lipinski definition) is 3. The van der Waals surface area contributed by atoms with Crippen LogP contribution in [0.5, 0.6) is 0 Å². The van der Waals surface area contributed by atoms with Crippen molar-refractivity contribution in [1.82, 2.24) is 4.98 Å². The molecule has 2 aromatic rings. The Morgan fingerprint density at radius 3 is 2.90 bits per heavy atom. The van der Waals surface area contributed by atoms with E-state index in [0.717, 1.165) is 16.4 Å². The monoisotopic (exact) mass is 300 g/mol. The molecule has 0 bridgehead atoms. The minimum atomic E-state index is 0.443. The van der Waals surface area contributed by atoms with E-state index in [1.165, 1.54) is 35.3 Å². The summed E-state index contributed by atoms with van der Waals surface area (Å²) in [6.45, 7) is 4.61. The minimum Gasteiger partial charge on any atom is -0.370 e. The number of aryl methyl sites for hydroxylation is 4. The standard InChI is InChI=1S/C16H20N4S/c1-10-15(19-11(2)21-10)9-18-16(17)20-14-7-6-12-4-3-5-13(12)8-14/h6-8H,3-5,9H2,1-2H3,(H3,17,18,20). The van der Waals surface area contributed by atoms with Crippen molar-refractivity contribution >= 4 is 23.0 Å². The fraction of sp³-hybridized carbons (Fsp3) is 0.375. The molecule has 0 radical (unpaired) electrons. The van der Waals surface area contributed by atoms with Crippen LogP contribution < -0.4 is 11.1 Å². The quantitative estimate of drug-likeness (QED) is 0.676. The highest BCUT2D eigenvalue weighted by molar-refractivity contribution is 7.11. The Balaban J connectivity index is 1.67.